The molecule has 4 rings (SSSR count). The first kappa shape index (κ1) is 16.2. The van der Waals surface area contributed by atoms with E-state index in [0.29, 0.717) is 51.1 Å². The maximum Gasteiger partial charge on any atom is 0.272 e. The minimum atomic E-state index is -0.110. The molecule has 2 aliphatic rings. The van der Waals surface area contributed by atoms with Crippen LogP contribution in [0.25, 0.3) is 0 Å². The highest BCUT2D eigenvalue weighted by atomic mass is 16.5. The number of nitrogens with zero attached hydrogens (tertiary/aromatic N) is 4. The number of fused-ring (bicyclic) bond motifs is 1. The van der Waals surface area contributed by atoms with E-state index in [0.717, 1.165) is 5.56 Å². The fraction of sp³-hybridized carbons (Fsp3) is 0.500. The predicted molar refractivity (Wildman–Crippen MR) is 89.7 cm³/mol. The van der Waals surface area contributed by atoms with E-state index >= 15 is 0 Å². The van der Waals surface area contributed by atoms with Crippen molar-refractivity contribution < 1.29 is 14.3 Å². The zero-order valence-electron chi connectivity index (χ0n) is 14.3. The Morgan fingerprint density at radius 3 is 2.96 bits per heavy atom. The van der Waals surface area contributed by atoms with E-state index in [-0.39, 0.29) is 11.3 Å². The summed E-state index contributed by atoms with van der Waals surface area (Å²) in [5, 5.41) is 4.10. The number of hydrogen-bond donors (Lipinski definition) is 0. The average Bonchev–Trinajstić information content (AvgIpc) is 3.29. The van der Waals surface area contributed by atoms with Crippen molar-refractivity contribution in [3.05, 3.63) is 48.0 Å². The van der Waals surface area contributed by atoms with E-state index in [9.17, 15) is 4.79 Å². The second-order valence-corrected chi connectivity index (χ2v) is 6.95. The smallest absolute Gasteiger partial charge is 0.272 e. The van der Waals surface area contributed by atoms with Crippen LogP contribution in [-0.4, -0.2) is 58.5 Å². The van der Waals surface area contributed by atoms with E-state index in [1.54, 1.807) is 36.4 Å². The number of aryl methyl sites for hydroxylation is 1. The van der Waals surface area contributed by atoms with Gasteiger partial charge >= 0.3 is 0 Å². The molecule has 7 nitrogen and oxygen atoms in total. The topological polar surface area (TPSA) is 69.5 Å². The molecule has 7 heteroatoms. The molecule has 0 radical (unpaired) electrons. The molecule has 2 aromatic heterocycles. The van der Waals surface area contributed by atoms with E-state index in [1.165, 1.54) is 0 Å². The van der Waals surface area contributed by atoms with Crippen molar-refractivity contribution in [2.45, 2.75) is 6.61 Å². The Kier molecular flexibility index (Phi) is 4.27. The molecule has 2 aliphatic heterocycles. The molecule has 0 N–H and O–H groups in total. The summed E-state index contributed by atoms with van der Waals surface area (Å²) in [4.78, 5) is 18.7. The Labute approximate surface area is 146 Å². The quantitative estimate of drug-likeness (QED) is 0.814. The molecule has 4 heterocycles. The Hall–Kier alpha value is -2.25. The molecule has 2 atom stereocenters. The fourth-order valence-corrected chi connectivity index (χ4v) is 3.79. The van der Waals surface area contributed by atoms with E-state index < -0.39 is 0 Å². The number of pyridine rings is 1. The van der Waals surface area contributed by atoms with Crippen LogP contribution in [0.15, 0.2) is 36.8 Å². The van der Waals surface area contributed by atoms with Crippen LogP contribution in [0.3, 0.4) is 0 Å². The van der Waals surface area contributed by atoms with Gasteiger partial charge in [-0.1, -0.05) is 0 Å². The highest BCUT2D eigenvalue weighted by Crippen LogP contribution is 2.42. The summed E-state index contributed by atoms with van der Waals surface area (Å²) in [7, 11) is 1.79. The predicted octanol–water partition coefficient (Wildman–Crippen LogP) is 1.12. The molecule has 2 saturated heterocycles. The molecular weight excluding hydrogens is 320 g/mol. The minimum Gasteiger partial charge on any atom is -0.380 e. The number of ether oxygens (including phenoxy) is 2. The summed E-state index contributed by atoms with van der Waals surface area (Å²) in [5.74, 6) is 0.352. The Morgan fingerprint density at radius 2 is 2.20 bits per heavy atom. The molecule has 2 aromatic rings. The van der Waals surface area contributed by atoms with Gasteiger partial charge in [-0.05, 0) is 23.8 Å². The van der Waals surface area contributed by atoms with Gasteiger partial charge in [0.05, 0.1) is 26.4 Å². The van der Waals surface area contributed by atoms with Crippen molar-refractivity contribution >= 4 is 5.91 Å². The van der Waals surface area contributed by atoms with E-state index in [4.69, 9.17) is 9.47 Å². The van der Waals surface area contributed by atoms with Crippen LogP contribution in [0, 0.1) is 11.3 Å². The zero-order chi connectivity index (χ0) is 17.3. The van der Waals surface area contributed by atoms with Gasteiger partial charge in [-0.3, -0.25) is 14.5 Å². The van der Waals surface area contributed by atoms with Crippen LogP contribution in [0.2, 0.25) is 0 Å². The van der Waals surface area contributed by atoms with E-state index in [1.807, 2.05) is 17.0 Å². The van der Waals surface area contributed by atoms with Crippen LogP contribution in [-0.2, 0) is 23.1 Å². The fourth-order valence-electron chi connectivity index (χ4n) is 3.79. The molecule has 0 bridgehead atoms. The maximum absolute atomic E-state index is 12.8. The van der Waals surface area contributed by atoms with Gasteiger partial charge < -0.3 is 14.4 Å². The third kappa shape index (κ3) is 3.05. The number of likely N-dealkylation sites (tertiary alicyclic amines) is 1. The lowest BCUT2D eigenvalue weighted by Crippen LogP contribution is -2.37. The summed E-state index contributed by atoms with van der Waals surface area (Å²) < 4.78 is 13.3. The van der Waals surface area contributed by atoms with Gasteiger partial charge in [-0.25, -0.2) is 0 Å². The summed E-state index contributed by atoms with van der Waals surface area (Å²) in [6.07, 6.45) is 5.19. The first-order chi connectivity index (χ1) is 12.2. The summed E-state index contributed by atoms with van der Waals surface area (Å²) >= 11 is 0. The molecular formula is C18H22N4O3. The van der Waals surface area contributed by atoms with Crippen molar-refractivity contribution in [1.82, 2.24) is 19.7 Å². The SMILES string of the molecule is Cn1nccc1C(=O)N1C[C@@H]2COC[C@]2(COCc2ccncc2)C1. The van der Waals surface area contributed by atoms with Crippen molar-refractivity contribution in [3.8, 4) is 0 Å². The Balaban J connectivity index is 1.42. The van der Waals surface area contributed by atoms with Crippen molar-refractivity contribution in [3.63, 3.8) is 0 Å². The van der Waals surface area contributed by atoms with Crippen molar-refractivity contribution in [2.75, 3.05) is 32.9 Å². The first-order valence-electron chi connectivity index (χ1n) is 8.50. The zero-order valence-corrected chi connectivity index (χ0v) is 14.3. The summed E-state index contributed by atoms with van der Waals surface area (Å²) in [5.41, 5.74) is 1.61. The number of carbonyl (C=O) groups is 1. The molecule has 2 fully saturated rings. The second-order valence-electron chi connectivity index (χ2n) is 6.95. The van der Waals surface area contributed by atoms with E-state index in [2.05, 4.69) is 10.1 Å². The lowest BCUT2D eigenvalue weighted by molar-refractivity contribution is 0.0185. The number of hydrogen-bond acceptors (Lipinski definition) is 5. The molecule has 0 aromatic carbocycles. The van der Waals surface area contributed by atoms with Gasteiger partial charge in [0.1, 0.15) is 5.69 Å². The number of amides is 1. The normalized spacial score (nSPS) is 25.3. The van der Waals surface area contributed by atoms with Gasteiger partial charge in [-0.2, -0.15) is 5.10 Å². The highest BCUT2D eigenvalue weighted by Gasteiger charge is 2.52. The molecule has 0 aliphatic carbocycles. The molecule has 0 saturated carbocycles. The van der Waals surface area contributed by atoms with Crippen LogP contribution >= 0.6 is 0 Å². The molecule has 25 heavy (non-hydrogen) atoms. The monoisotopic (exact) mass is 342 g/mol. The number of rotatable bonds is 5. The molecule has 0 spiro atoms. The third-order valence-corrected chi connectivity index (χ3v) is 5.26. The number of aromatic nitrogens is 3. The van der Waals surface area contributed by atoms with Crippen LogP contribution in [0.5, 0.6) is 0 Å². The second kappa shape index (κ2) is 6.57. The Morgan fingerprint density at radius 1 is 1.36 bits per heavy atom. The lowest BCUT2D eigenvalue weighted by Gasteiger charge is -2.26. The average molecular weight is 342 g/mol. The van der Waals surface area contributed by atoms with Crippen molar-refractivity contribution in [1.29, 1.82) is 0 Å². The third-order valence-electron chi connectivity index (χ3n) is 5.26. The summed E-state index contributed by atoms with van der Waals surface area (Å²) in [6, 6.07) is 5.67. The maximum atomic E-state index is 12.8. The first-order valence-corrected chi connectivity index (χ1v) is 8.50. The standard InChI is InChI=1S/C18H22N4O3/c1-21-16(4-7-20-21)17(23)22-8-15-10-25-13-18(15,11-22)12-24-9-14-2-5-19-6-3-14/h2-7,15H,8-13H2,1H3/t15-,18-/m1/s1. The lowest BCUT2D eigenvalue weighted by atomic mass is 9.82. The minimum absolute atomic E-state index is 0.0305. The largest absolute Gasteiger partial charge is 0.380 e. The van der Waals surface area contributed by atoms with Crippen molar-refractivity contribution in [2.24, 2.45) is 18.4 Å². The van der Waals surface area contributed by atoms with Crippen LogP contribution in [0.4, 0.5) is 0 Å². The van der Waals surface area contributed by atoms with Gasteiger partial charge in [0.15, 0.2) is 0 Å². The highest BCUT2D eigenvalue weighted by molar-refractivity contribution is 5.92. The van der Waals surface area contributed by atoms with Gasteiger partial charge in [0.2, 0.25) is 0 Å². The summed E-state index contributed by atoms with van der Waals surface area (Å²) in [6.45, 7) is 3.85. The van der Waals surface area contributed by atoms with Gasteiger partial charge in [0, 0.05) is 50.1 Å². The molecule has 132 valence electrons. The molecule has 1 amide bonds. The van der Waals surface area contributed by atoms with Gasteiger partial charge in [0.25, 0.3) is 5.91 Å². The van der Waals surface area contributed by atoms with Crippen LogP contribution < -0.4 is 0 Å². The van der Waals surface area contributed by atoms with Crippen LogP contribution in [0.1, 0.15) is 16.1 Å². The van der Waals surface area contributed by atoms with Gasteiger partial charge in [-0.15, -0.1) is 0 Å². The Bertz CT molecular complexity index is 748. The molecule has 0 unspecified atom stereocenters. The number of carbonyl (C=O) groups excluding carboxylic acids is 1.